The zero-order valence-corrected chi connectivity index (χ0v) is 18.3. The number of rotatable bonds is 14. The van der Waals surface area contributed by atoms with E-state index < -0.39 is 72.8 Å². The number of likely N-dealkylation sites (N-methyl/N-ethyl adjacent to an activating group) is 1. The van der Waals surface area contributed by atoms with Crippen LogP contribution in [0.25, 0.3) is 0 Å². The van der Waals surface area contributed by atoms with Crippen LogP contribution >= 0.6 is 0 Å². The van der Waals surface area contributed by atoms with Crippen molar-refractivity contribution in [3.05, 3.63) is 12.7 Å². The minimum absolute atomic E-state index is 0.0482. The molecule has 0 rings (SSSR count). The highest BCUT2D eigenvalue weighted by atomic mass is 19.4. The highest BCUT2D eigenvalue weighted by molar-refractivity contribution is 5.86. The standard InChI is InChI=1S/C18H18F17NO/c1-3-10(37)36(4-2)9-7-5-6-8-11(19,20)12(21,22)13(23,24)14(25,26)15(27,28)16(29,30)17(31,32)18(33,34)35/h3H,1,4-9H2,2H3. The van der Waals surface area contributed by atoms with Gasteiger partial charge in [-0.15, -0.1) is 0 Å². The molecule has 220 valence electrons. The molecule has 0 aliphatic carbocycles. The molecule has 37 heavy (non-hydrogen) atoms. The van der Waals surface area contributed by atoms with Gasteiger partial charge >= 0.3 is 47.6 Å². The van der Waals surface area contributed by atoms with E-state index in [4.69, 9.17) is 0 Å². The maximum atomic E-state index is 13.8. The van der Waals surface area contributed by atoms with Crippen molar-refractivity contribution >= 4 is 5.91 Å². The minimum Gasteiger partial charge on any atom is -0.339 e. The molecule has 0 aromatic carbocycles. The average Bonchev–Trinajstić information content (AvgIpc) is 2.73. The van der Waals surface area contributed by atoms with Crippen LogP contribution in [0.2, 0.25) is 0 Å². The summed E-state index contributed by atoms with van der Waals surface area (Å²) in [6.07, 6.45) is -11.5. The Bertz CT molecular complexity index is 803. The molecule has 19 heteroatoms. The van der Waals surface area contributed by atoms with Crippen molar-refractivity contribution in [3.63, 3.8) is 0 Å². The van der Waals surface area contributed by atoms with Crippen LogP contribution in [0, 0.1) is 0 Å². The first-order valence-electron chi connectivity index (χ1n) is 9.78. The van der Waals surface area contributed by atoms with E-state index in [0.29, 0.717) is 0 Å². The van der Waals surface area contributed by atoms with Gasteiger partial charge in [-0.3, -0.25) is 4.79 Å². The molecule has 2 nitrogen and oxygen atoms in total. The van der Waals surface area contributed by atoms with Gasteiger partial charge in [0.1, 0.15) is 0 Å². The molecule has 0 aromatic rings. The van der Waals surface area contributed by atoms with Crippen LogP contribution < -0.4 is 0 Å². The number of hydrogen-bond acceptors (Lipinski definition) is 1. The highest BCUT2D eigenvalue weighted by Crippen LogP contribution is 2.64. The summed E-state index contributed by atoms with van der Waals surface area (Å²) in [5.41, 5.74) is 0. The Morgan fingerprint density at radius 1 is 0.622 bits per heavy atom. The molecule has 0 N–H and O–H groups in total. The quantitative estimate of drug-likeness (QED) is 0.117. The van der Waals surface area contributed by atoms with Gasteiger partial charge in [-0.1, -0.05) is 13.0 Å². The summed E-state index contributed by atoms with van der Waals surface area (Å²) in [7, 11) is 0. The van der Waals surface area contributed by atoms with Crippen LogP contribution in [0.3, 0.4) is 0 Å². The van der Waals surface area contributed by atoms with Crippen molar-refractivity contribution in [2.45, 2.75) is 80.2 Å². The number of halogens is 17. The molecule has 0 saturated carbocycles. The number of unbranched alkanes of at least 4 members (excludes halogenated alkanes) is 2. The fraction of sp³-hybridized carbons (Fsp3) is 0.833. The molecule has 0 bridgehead atoms. The van der Waals surface area contributed by atoms with E-state index in [2.05, 4.69) is 6.58 Å². The van der Waals surface area contributed by atoms with Crippen molar-refractivity contribution in [2.24, 2.45) is 0 Å². The van der Waals surface area contributed by atoms with Gasteiger partial charge in [0.2, 0.25) is 5.91 Å². The number of hydrogen-bond donors (Lipinski definition) is 0. The Morgan fingerprint density at radius 3 is 1.35 bits per heavy atom. The summed E-state index contributed by atoms with van der Waals surface area (Å²) in [6.45, 7) is 4.41. The minimum atomic E-state index is -8.62. The van der Waals surface area contributed by atoms with Crippen LogP contribution in [0.5, 0.6) is 0 Å². The first kappa shape index (κ1) is 35.0. The normalized spacial score (nSPS) is 15.1. The summed E-state index contributed by atoms with van der Waals surface area (Å²) in [4.78, 5) is 12.4. The van der Waals surface area contributed by atoms with E-state index in [1.165, 1.54) is 6.92 Å². The molecule has 0 unspecified atom stereocenters. The number of carbonyl (C=O) groups excluding carboxylic acids is 1. The third-order valence-corrected chi connectivity index (χ3v) is 5.07. The van der Waals surface area contributed by atoms with Gasteiger partial charge in [0, 0.05) is 19.5 Å². The second kappa shape index (κ2) is 10.6. The van der Waals surface area contributed by atoms with Gasteiger partial charge in [0.25, 0.3) is 0 Å². The van der Waals surface area contributed by atoms with E-state index in [-0.39, 0.29) is 19.5 Å². The van der Waals surface area contributed by atoms with Gasteiger partial charge in [0.15, 0.2) is 0 Å². The molecular weight excluding hydrogens is 569 g/mol. The maximum Gasteiger partial charge on any atom is 0.460 e. The van der Waals surface area contributed by atoms with E-state index in [1.807, 2.05) is 0 Å². The zero-order chi connectivity index (χ0) is 30.1. The second-order valence-electron chi connectivity index (χ2n) is 7.58. The van der Waals surface area contributed by atoms with Crippen LogP contribution in [0.15, 0.2) is 12.7 Å². The van der Waals surface area contributed by atoms with Crippen molar-refractivity contribution in [1.82, 2.24) is 4.90 Å². The SMILES string of the molecule is C=CC(=O)N(CC)CCCCCC(F)(F)C(F)(F)C(F)(F)C(F)(F)C(F)(F)C(F)(F)C(F)(F)C(F)(F)F. The molecule has 0 aliphatic rings. The Morgan fingerprint density at radius 2 is 1.00 bits per heavy atom. The molecule has 0 spiro atoms. The van der Waals surface area contributed by atoms with E-state index in [0.717, 1.165) is 11.0 Å². The number of nitrogens with zero attached hydrogens (tertiary/aromatic N) is 1. The van der Waals surface area contributed by atoms with Gasteiger partial charge < -0.3 is 4.90 Å². The number of amides is 1. The Balaban J connectivity index is 5.94. The first-order chi connectivity index (χ1) is 16.2. The predicted molar refractivity (Wildman–Crippen MR) is 91.6 cm³/mol. The number of alkyl halides is 17. The fourth-order valence-electron chi connectivity index (χ4n) is 2.73. The number of carbonyl (C=O) groups is 1. The molecule has 0 aliphatic heterocycles. The second-order valence-corrected chi connectivity index (χ2v) is 7.58. The molecule has 0 fully saturated rings. The maximum absolute atomic E-state index is 13.8. The van der Waals surface area contributed by atoms with Gasteiger partial charge in [-0.05, 0) is 25.8 Å². The Hall–Kier alpha value is -1.98. The lowest BCUT2D eigenvalue weighted by atomic mass is 9.88. The molecule has 0 aromatic heterocycles. The van der Waals surface area contributed by atoms with Crippen LogP contribution in [0.4, 0.5) is 74.6 Å². The van der Waals surface area contributed by atoms with E-state index >= 15 is 0 Å². The van der Waals surface area contributed by atoms with Gasteiger partial charge in [-0.25, -0.2) is 0 Å². The molecule has 1 amide bonds. The van der Waals surface area contributed by atoms with E-state index in [1.54, 1.807) is 0 Å². The lowest BCUT2D eigenvalue weighted by Gasteiger charge is -2.42. The average molecular weight is 587 g/mol. The van der Waals surface area contributed by atoms with Crippen molar-refractivity contribution < 1.29 is 79.4 Å². The van der Waals surface area contributed by atoms with E-state index in [9.17, 15) is 79.4 Å². The smallest absolute Gasteiger partial charge is 0.339 e. The van der Waals surface area contributed by atoms with Gasteiger partial charge in [0.05, 0.1) is 0 Å². The van der Waals surface area contributed by atoms with Crippen molar-refractivity contribution in [1.29, 1.82) is 0 Å². The molecule has 0 heterocycles. The lowest BCUT2D eigenvalue weighted by molar-refractivity contribution is -0.461. The summed E-state index contributed by atoms with van der Waals surface area (Å²) in [6, 6.07) is 0. The largest absolute Gasteiger partial charge is 0.460 e. The van der Waals surface area contributed by atoms with Crippen molar-refractivity contribution in [3.8, 4) is 0 Å². The summed E-state index contributed by atoms with van der Waals surface area (Å²) in [5.74, 6) is -56.8. The van der Waals surface area contributed by atoms with Crippen LogP contribution in [0.1, 0.15) is 32.6 Å². The zero-order valence-electron chi connectivity index (χ0n) is 18.3. The first-order valence-corrected chi connectivity index (χ1v) is 9.78. The molecule has 0 saturated heterocycles. The Labute approximate surface area is 197 Å². The molecule has 0 atom stereocenters. The fourth-order valence-corrected chi connectivity index (χ4v) is 2.73. The molecule has 0 radical (unpaired) electrons. The third-order valence-electron chi connectivity index (χ3n) is 5.07. The molecular formula is C18H18F17NO. The monoisotopic (exact) mass is 587 g/mol. The van der Waals surface area contributed by atoms with Gasteiger partial charge in [-0.2, -0.15) is 74.6 Å². The summed E-state index contributed by atoms with van der Waals surface area (Å²) in [5, 5.41) is 0. The Kier molecular flexibility index (Phi) is 10.1. The third kappa shape index (κ3) is 5.73. The van der Waals surface area contributed by atoms with Crippen LogP contribution in [-0.4, -0.2) is 71.5 Å². The summed E-state index contributed by atoms with van der Waals surface area (Å²) >= 11 is 0. The lowest BCUT2D eigenvalue weighted by Crippen LogP contribution is -2.74. The topological polar surface area (TPSA) is 20.3 Å². The predicted octanol–water partition coefficient (Wildman–Crippen LogP) is 7.59. The summed E-state index contributed by atoms with van der Waals surface area (Å²) < 4.78 is 224. The van der Waals surface area contributed by atoms with Crippen LogP contribution in [-0.2, 0) is 4.79 Å². The van der Waals surface area contributed by atoms with Crippen molar-refractivity contribution in [2.75, 3.05) is 13.1 Å². The highest BCUT2D eigenvalue weighted by Gasteiger charge is 2.95.